The second-order valence-corrected chi connectivity index (χ2v) is 4.75. The van der Waals surface area contributed by atoms with Crippen LogP contribution in [0.2, 0.25) is 0 Å². The van der Waals surface area contributed by atoms with Crippen LogP contribution in [-0.2, 0) is 4.79 Å². The van der Waals surface area contributed by atoms with Gasteiger partial charge in [0.05, 0.1) is 4.90 Å². The molecule has 1 aromatic rings. The van der Waals surface area contributed by atoms with Crippen LogP contribution in [0.5, 0.6) is 5.75 Å². The number of aromatic hydroxyl groups is 1. The Bertz CT molecular complexity index is 355. The van der Waals surface area contributed by atoms with Gasteiger partial charge in [-0.3, -0.25) is 9.52 Å². The van der Waals surface area contributed by atoms with Crippen molar-refractivity contribution in [2.45, 2.75) is 43.9 Å². The van der Waals surface area contributed by atoms with Crippen LogP contribution in [0.1, 0.15) is 39.0 Å². The lowest BCUT2D eigenvalue weighted by Gasteiger charge is -2.05. The SMILES string of the molecule is CCCCCCC(=O)NSc1ccccc1O. The van der Waals surface area contributed by atoms with E-state index in [0.717, 1.165) is 12.8 Å². The van der Waals surface area contributed by atoms with Gasteiger partial charge in [-0.15, -0.1) is 0 Å². The quantitative estimate of drug-likeness (QED) is 0.577. The van der Waals surface area contributed by atoms with Gasteiger partial charge >= 0.3 is 0 Å². The Balaban J connectivity index is 2.22. The van der Waals surface area contributed by atoms with Gasteiger partial charge < -0.3 is 5.11 Å². The van der Waals surface area contributed by atoms with E-state index in [1.807, 2.05) is 6.07 Å². The van der Waals surface area contributed by atoms with Crippen molar-refractivity contribution in [3.8, 4) is 5.75 Å². The highest BCUT2D eigenvalue weighted by Gasteiger charge is 2.04. The number of unbranched alkanes of at least 4 members (excludes halogenated alkanes) is 3. The number of hydrogen-bond acceptors (Lipinski definition) is 3. The Morgan fingerprint density at radius 1 is 1.29 bits per heavy atom. The lowest BCUT2D eigenvalue weighted by atomic mass is 10.1. The molecule has 0 unspecified atom stereocenters. The summed E-state index contributed by atoms with van der Waals surface area (Å²) in [6.45, 7) is 2.15. The largest absolute Gasteiger partial charge is 0.507 e. The molecule has 0 saturated heterocycles. The van der Waals surface area contributed by atoms with Crippen LogP contribution < -0.4 is 4.72 Å². The molecule has 1 aromatic carbocycles. The zero-order valence-corrected chi connectivity index (χ0v) is 10.9. The van der Waals surface area contributed by atoms with Crippen molar-refractivity contribution in [2.24, 2.45) is 0 Å². The summed E-state index contributed by atoms with van der Waals surface area (Å²) < 4.78 is 2.73. The molecule has 94 valence electrons. The Labute approximate surface area is 107 Å². The number of nitrogens with one attached hydrogen (secondary N) is 1. The minimum atomic E-state index is 0.0226. The lowest BCUT2D eigenvalue weighted by Crippen LogP contribution is -2.14. The molecule has 0 atom stereocenters. The van der Waals surface area contributed by atoms with Crippen LogP contribution in [0.3, 0.4) is 0 Å². The lowest BCUT2D eigenvalue weighted by molar-refractivity contribution is -0.119. The second kappa shape index (κ2) is 8.01. The molecule has 17 heavy (non-hydrogen) atoms. The number of amides is 1. The van der Waals surface area contributed by atoms with Crippen molar-refractivity contribution in [1.29, 1.82) is 0 Å². The number of benzene rings is 1. The minimum Gasteiger partial charge on any atom is -0.507 e. The van der Waals surface area contributed by atoms with Gasteiger partial charge in [0.25, 0.3) is 0 Å². The first-order valence-electron chi connectivity index (χ1n) is 5.97. The predicted molar refractivity (Wildman–Crippen MR) is 70.9 cm³/mol. The van der Waals surface area contributed by atoms with E-state index >= 15 is 0 Å². The third-order valence-corrected chi connectivity index (χ3v) is 3.29. The van der Waals surface area contributed by atoms with Crippen molar-refractivity contribution in [1.82, 2.24) is 4.72 Å². The average Bonchev–Trinajstić information content (AvgIpc) is 2.34. The molecule has 0 bridgehead atoms. The van der Waals surface area contributed by atoms with E-state index in [4.69, 9.17) is 0 Å². The van der Waals surface area contributed by atoms with Crippen LogP contribution in [0.15, 0.2) is 29.2 Å². The fourth-order valence-corrected chi connectivity index (χ4v) is 2.06. The maximum atomic E-state index is 11.5. The Kier molecular flexibility index (Phi) is 6.55. The van der Waals surface area contributed by atoms with Gasteiger partial charge in [-0.25, -0.2) is 0 Å². The molecule has 1 amide bonds. The normalized spacial score (nSPS) is 10.2. The summed E-state index contributed by atoms with van der Waals surface area (Å²) in [5, 5.41) is 9.50. The molecule has 0 heterocycles. The van der Waals surface area contributed by atoms with Gasteiger partial charge in [0.1, 0.15) is 5.75 Å². The van der Waals surface area contributed by atoms with Gasteiger partial charge in [0.2, 0.25) is 5.91 Å². The monoisotopic (exact) mass is 253 g/mol. The Morgan fingerprint density at radius 2 is 2.06 bits per heavy atom. The maximum absolute atomic E-state index is 11.5. The van der Waals surface area contributed by atoms with Crippen molar-refractivity contribution < 1.29 is 9.90 Å². The number of hydrogen-bond donors (Lipinski definition) is 2. The van der Waals surface area contributed by atoms with Gasteiger partial charge in [-0.05, 0) is 30.5 Å². The molecule has 3 nitrogen and oxygen atoms in total. The number of phenols is 1. The molecule has 0 aliphatic rings. The highest BCUT2D eigenvalue weighted by atomic mass is 32.2. The van der Waals surface area contributed by atoms with Gasteiger partial charge in [-0.2, -0.15) is 0 Å². The van der Waals surface area contributed by atoms with Crippen molar-refractivity contribution in [3.63, 3.8) is 0 Å². The molecule has 0 spiro atoms. The van der Waals surface area contributed by atoms with E-state index in [1.54, 1.807) is 18.2 Å². The van der Waals surface area contributed by atoms with Crippen LogP contribution in [-0.4, -0.2) is 11.0 Å². The fourth-order valence-electron chi connectivity index (χ4n) is 1.42. The maximum Gasteiger partial charge on any atom is 0.230 e. The number of carbonyl (C=O) groups excluding carboxylic acids is 1. The Morgan fingerprint density at radius 3 is 2.76 bits per heavy atom. The molecule has 0 aliphatic heterocycles. The molecule has 4 heteroatoms. The van der Waals surface area contributed by atoms with Crippen molar-refractivity contribution in [3.05, 3.63) is 24.3 Å². The third-order valence-electron chi connectivity index (χ3n) is 2.40. The number of rotatable bonds is 7. The fraction of sp³-hybridized carbons (Fsp3) is 0.462. The van der Waals surface area contributed by atoms with E-state index in [1.165, 1.54) is 24.8 Å². The van der Waals surface area contributed by atoms with Crippen molar-refractivity contribution >= 4 is 17.9 Å². The molecular weight excluding hydrogens is 234 g/mol. The first kappa shape index (κ1) is 13.9. The second-order valence-electron chi connectivity index (χ2n) is 3.91. The molecule has 0 aliphatic carbocycles. The molecular formula is C13H19NO2S. The Hall–Kier alpha value is -1.16. The summed E-state index contributed by atoms with van der Waals surface area (Å²) in [7, 11) is 0. The molecule has 2 N–H and O–H groups in total. The van der Waals surface area contributed by atoms with E-state index < -0.39 is 0 Å². The first-order chi connectivity index (χ1) is 8.24. The van der Waals surface area contributed by atoms with Crippen molar-refractivity contribution in [2.75, 3.05) is 0 Å². The standard InChI is InChI=1S/C13H19NO2S/c1-2-3-4-5-10-13(16)14-17-12-9-7-6-8-11(12)15/h6-9,15H,2-5,10H2,1H3,(H,14,16). The third kappa shape index (κ3) is 5.63. The van der Waals surface area contributed by atoms with Gasteiger partial charge in [-0.1, -0.05) is 38.3 Å². The highest BCUT2D eigenvalue weighted by molar-refractivity contribution is 7.98. The highest BCUT2D eigenvalue weighted by Crippen LogP contribution is 2.25. The molecule has 0 saturated carbocycles. The first-order valence-corrected chi connectivity index (χ1v) is 6.79. The van der Waals surface area contributed by atoms with Crippen LogP contribution in [0, 0.1) is 0 Å². The van der Waals surface area contributed by atoms with Crippen LogP contribution in [0.25, 0.3) is 0 Å². The number of para-hydroxylation sites is 1. The summed E-state index contributed by atoms with van der Waals surface area (Å²) in [6.07, 6.45) is 4.95. The molecule has 1 rings (SSSR count). The molecule has 0 fully saturated rings. The topological polar surface area (TPSA) is 49.3 Å². The van der Waals surface area contributed by atoms with Gasteiger partial charge in [0, 0.05) is 6.42 Å². The number of phenolic OH excluding ortho intramolecular Hbond substituents is 1. The summed E-state index contributed by atoms with van der Waals surface area (Å²) in [5.74, 6) is 0.220. The van der Waals surface area contributed by atoms with Crippen LogP contribution >= 0.6 is 11.9 Å². The molecule has 0 aromatic heterocycles. The van der Waals surface area contributed by atoms with E-state index in [-0.39, 0.29) is 11.7 Å². The van der Waals surface area contributed by atoms with Gasteiger partial charge in [0.15, 0.2) is 0 Å². The minimum absolute atomic E-state index is 0.0226. The summed E-state index contributed by atoms with van der Waals surface area (Å²) in [4.78, 5) is 12.2. The summed E-state index contributed by atoms with van der Waals surface area (Å²) in [5.41, 5.74) is 0. The smallest absolute Gasteiger partial charge is 0.230 e. The van der Waals surface area contributed by atoms with E-state index in [2.05, 4.69) is 11.6 Å². The zero-order valence-electron chi connectivity index (χ0n) is 10.1. The summed E-state index contributed by atoms with van der Waals surface area (Å²) >= 11 is 1.17. The van der Waals surface area contributed by atoms with E-state index in [9.17, 15) is 9.90 Å². The number of carbonyl (C=O) groups is 1. The van der Waals surface area contributed by atoms with Crippen LogP contribution in [0.4, 0.5) is 0 Å². The summed E-state index contributed by atoms with van der Waals surface area (Å²) in [6, 6.07) is 6.97. The zero-order chi connectivity index (χ0) is 12.5. The average molecular weight is 253 g/mol. The van der Waals surface area contributed by atoms with E-state index in [0.29, 0.717) is 11.3 Å². The molecule has 0 radical (unpaired) electrons. The predicted octanol–water partition coefficient (Wildman–Crippen LogP) is 3.49.